The third kappa shape index (κ3) is 3.81. The van der Waals surface area contributed by atoms with E-state index in [4.69, 9.17) is 11.6 Å². The summed E-state index contributed by atoms with van der Waals surface area (Å²) in [5.41, 5.74) is 2.50. The van der Waals surface area contributed by atoms with Crippen molar-refractivity contribution in [2.45, 2.75) is 18.9 Å². The monoisotopic (exact) mass is 365 g/mol. The molecular weight excluding hydrogens is 350 g/mol. The molecule has 1 aliphatic rings. The van der Waals surface area contributed by atoms with Crippen LogP contribution in [-0.4, -0.2) is 26.1 Å². The van der Waals surface area contributed by atoms with Crippen molar-refractivity contribution in [1.82, 2.24) is 20.2 Å². The molecular formula is C19H16ClN5O. The molecule has 1 amide bonds. The Labute approximate surface area is 155 Å². The van der Waals surface area contributed by atoms with Crippen LogP contribution in [-0.2, 0) is 4.79 Å². The molecule has 0 unspecified atom stereocenters. The zero-order valence-electron chi connectivity index (χ0n) is 13.8. The number of carbonyl (C=O) groups is 1. The van der Waals surface area contributed by atoms with Crippen LogP contribution in [0.5, 0.6) is 0 Å². The van der Waals surface area contributed by atoms with Gasteiger partial charge in [0.2, 0.25) is 5.91 Å². The predicted octanol–water partition coefficient (Wildman–Crippen LogP) is 3.98. The van der Waals surface area contributed by atoms with Crippen LogP contribution in [0.3, 0.4) is 0 Å². The molecule has 0 spiro atoms. The Bertz CT molecular complexity index is 960. The van der Waals surface area contributed by atoms with E-state index in [1.54, 1.807) is 18.2 Å². The Morgan fingerprint density at radius 2 is 2.00 bits per heavy atom. The highest BCUT2D eigenvalue weighted by atomic mass is 35.5. The van der Waals surface area contributed by atoms with Gasteiger partial charge in [-0.25, -0.2) is 4.68 Å². The molecule has 3 aromatic rings. The molecule has 130 valence electrons. The summed E-state index contributed by atoms with van der Waals surface area (Å²) in [6.07, 6.45) is 5.43. The molecule has 1 saturated carbocycles. The molecule has 1 fully saturated rings. The zero-order valence-corrected chi connectivity index (χ0v) is 14.6. The fourth-order valence-electron chi connectivity index (χ4n) is 2.62. The first-order chi connectivity index (χ1) is 12.7. The van der Waals surface area contributed by atoms with Crippen molar-refractivity contribution in [3.63, 3.8) is 0 Å². The minimum Gasteiger partial charge on any atom is -0.323 e. The van der Waals surface area contributed by atoms with Crippen molar-refractivity contribution in [2.75, 3.05) is 5.32 Å². The van der Waals surface area contributed by atoms with E-state index in [-0.39, 0.29) is 5.91 Å². The largest absolute Gasteiger partial charge is 0.323 e. The second kappa shape index (κ2) is 7.09. The lowest BCUT2D eigenvalue weighted by Crippen LogP contribution is -2.07. The topological polar surface area (TPSA) is 72.7 Å². The van der Waals surface area contributed by atoms with Crippen LogP contribution in [0.1, 0.15) is 24.4 Å². The number of amides is 1. The van der Waals surface area contributed by atoms with Gasteiger partial charge in [-0.3, -0.25) is 4.79 Å². The van der Waals surface area contributed by atoms with Crippen molar-refractivity contribution in [3.05, 3.63) is 65.2 Å². The van der Waals surface area contributed by atoms with Crippen molar-refractivity contribution in [3.8, 4) is 11.4 Å². The summed E-state index contributed by atoms with van der Waals surface area (Å²) in [5, 5.41) is 15.4. The molecule has 1 aromatic heterocycles. The number of aromatic nitrogens is 4. The maximum absolute atomic E-state index is 12.1. The van der Waals surface area contributed by atoms with Crippen LogP contribution in [0.25, 0.3) is 17.5 Å². The van der Waals surface area contributed by atoms with Crippen molar-refractivity contribution in [1.29, 1.82) is 0 Å². The number of hydrogen-bond donors (Lipinski definition) is 1. The smallest absolute Gasteiger partial charge is 0.248 e. The van der Waals surface area contributed by atoms with E-state index in [1.165, 1.54) is 6.08 Å². The second-order valence-corrected chi connectivity index (χ2v) is 6.57. The van der Waals surface area contributed by atoms with Crippen LogP contribution in [0.4, 0.5) is 5.69 Å². The first kappa shape index (κ1) is 16.5. The van der Waals surface area contributed by atoms with E-state index >= 15 is 0 Å². The number of nitrogens with one attached hydrogen (secondary N) is 1. The maximum Gasteiger partial charge on any atom is 0.248 e. The summed E-state index contributed by atoms with van der Waals surface area (Å²) in [4.78, 5) is 12.1. The molecule has 4 rings (SSSR count). The molecule has 6 nitrogen and oxygen atoms in total. The number of hydrogen-bond acceptors (Lipinski definition) is 4. The summed E-state index contributed by atoms with van der Waals surface area (Å²) >= 11 is 5.93. The fourth-order valence-corrected chi connectivity index (χ4v) is 2.82. The highest BCUT2D eigenvalue weighted by Crippen LogP contribution is 2.36. The average Bonchev–Trinajstić information content (AvgIpc) is 3.38. The summed E-state index contributed by atoms with van der Waals surface area (Å²) < 4.78 is 1.86. The molecule has 0 saturated heterocycles. The number of rotatable bonds is 5. The molecule has 0 bridgehead atoms. The van der Waals surface area contributed by atoms with Gasteiger partial charge >= 0.3 is 0 Å². The number of halogens is 1. The minimum atomic E-state index is -0.208. The van der Waals surface area contributed by atoms with E-state index in [9.17, 15) is 4.79 Å². The molecule has 2 aromatic carbocycles. The Balaban J connectivity index is 1.42. The van der Waals surface area contributed by atoms with Crippen LogP contribution in [0.15, 0.2) is 54.6 Å². The van der Waals surface area contributed by atoms with E-state index in [2.05, 4.69) is 20.8 Å². The van der Waals surface area contributed by atoms with Crippen molar-refractivity contribution < 1.29 is 4.79 Å². The van der Waals surface area contributed by atoms with E-state index in [0.29, 0.717) is 16.8 Å². The van der Waals surface area contributed by atoms with Crippen molar-refractivity contribution in [2.24, 2.45) is 0 Å². The number of nitrogens with zero attached hydrogens (tertiary/aromatic N) is 4. The lowest BCUT2D eigenvalue weighted by Gasteiger charge is -2.05. The zero-order chi connectivity index (χ0) is 17.9. The fraction of sp³-hybridized carbons (Fsp3) is 0.158. The van der Waals surface area contributed by atoms with Crippen LogP contribution in [0, 0.1) is 0 Å². The summed E-state index contributed by atoms with van der Waals surface area (Å²) in [5.74, 6) is 0.548. The van der Waals surface area contributed by atoms with E-state index < -0.39 is 0 Å². The predicted molar refractivity (Wildman–Crippen MR) is 101 cm³/mol. The Morgan fingerprint density at radius 1 is 1.19 bits per heavy atom. The van der Waals surface area contributed by atoms with E-state index in [1.807, 2.05) is 41.1 Å². The quantitative estimate of drug-likeness (QED) is 0.694. The van der Waals surface area contributed by atoms with Crippen molar-refractivity contribution >= 4 is 29.3 Å². The summed E-state index contributed by atoms with van der Waals surface area (Å²) in [6, 6.07) is 15.2. The van der Waals surface area contributed by atoms with Gasteiger partial charge in [0.25, 0.3) is 0 Å². The molecule has 0 radical (unpaired) electrons. The van der Waals surface area contributed by atoms with Gasteiger partial charge in [0.15, 0.2) is 5.82 Å². The molecule has 0 atom stereocenters. The van der Waals surface area contributed by atoms with E-state index in [0.717, 1.165) is 29.8 Å². The number of carbonyl (C=O) groups excluding carboxylic acids is 1. The Kier molecular flexibility index (Phi) is 4.50. The van der Waals surface area contributed by atoms with Crippen LogP contribution >= 0.6 is 11.6 Å². The molecule has 1 N–H and O–H groups in total. The molecule has 1 aliphatic carbocycles. The number of tetrazole rings is 1. The molecule has 26 heavy (non-hydrogen) atoms. The van der Waals surface area contributed by atoms with Crippen LogP contribution < -0.4 is 5.32 Å². The first-order valence-electron chi connectivity index (χ1n) is 8.32. The maximum atomic E-state index is 12.1. The molecule has 7 heteroatoms. The van der Waals surface area contributed by atoms with Gasteiger partial charge < -0.3 is 5.32 Å². The van der Waals surface area contributed by atoms with Gasteiger partial charge in [0, 0.05) is 22.3 Å². The lowest BCUT2D eigenvalue weighted by atomic mass is 10.2. The van der Waals surface area contributed by atoms with Gasteiger partial charge in [-0.05, 0) is 71.3 Å². The number of anilines is 1. The third-order valence-corrected chi connectivity index (χ3v) is 4.31. The molecule has 0 aliphatic heterocycles. The Hall–Kier alpha value is -2.99. The third-order valence-electron chi connectivity index (χ3n) is 4.07. The second-order valence-electron chi connectivity index (χ2n) is 6.13. The van der Waals surface area contributed by atoms with Gasteiger partial charge in [-0.2, -0.15) is 0 Å². The normalized spacial score (nSPS) is 13.9. The average molecular weight is 366 g/mol. The molecule has 1 heterocycles. The standard InChI is InChI=1S/C19H16ClN5O/c20-15-3-1-2-13(12-15)4-11-18(26)21-16-7-5-14(6-8-16)19-22-23-24-25(19)17-9-10-17/h1-8,11-12,17H,9-10H2,(H,21,26)/b11-4+. The van der Waals surface area contributed by atoms with Crippen LogP contribution in [0.2, 0.25) is 5.02 Å². The summed E-state index contributed by atoms with van der Waals surface area (Å²) in [7, 11) is 0. The minimum absolute atomic E-state index is 0.208. The van der Waals surface area contributed by atoms with Gasteiger partial charge in [0.1, 0.15) is 0 Å². The van der Waals surface area contributed by atoms with Gasteiger partial charge in [-0.1, -0.05) is 23.7 Å². The van der Waals surface area contributed by atoms with Gasteiger partial charge in [-0.15, -0.1) is 5.10 Å². The highest BCUT2D eigenvalue weighted by molar-refractivity contribution is 6.30. The van der Waals surface area contributed by atoms with Gasteiger partial charge in [0.05, 0.1) is 6.04 Å². The highest BCUT2D eigenvalue weighted by Gasteiger charge is 2.28. The SMILES string of the molecule is O=C(/C=C/c1cccc(Cl)c1)Nc1ccc(-c2nnnn2C2CC2)cc1. The first-order valence-corrected chi connectivity index (χ1v) is 8.70. The Morgan fingerprint density at radius 3 is 2.73 bits per heavy atom. The summed E-state index contributed by atoms with van der Waals surface area (Å²) in [6.45, 7) is 0. The number of benzene rings is 2. The lowest BCUT2D eigenvalue weighted by molar-refractivity contribution is -0.111.